The van der Waals surface area contributed by atoms with Gasteiger partial charge in [-0.1, -0.05) is 36.8 Å². The van der Waals surface area contributed by atoms with Crippen molar-refractivity contribution in [2.75, 3.05) is 19.7 Å². The number of carbonyl (C=O) groups excluding carboxylic acids is 4. The minimum absolute atomic E-state index is 0.175. The number of fused-ring (bicyclic) bond motifs is 1. The SMILES string of the molecule is CCOC(=O)C(CCc1ccccc1)NC1CCCN2CCCC(C(=O)OC(C)OC(=O)OC3CCCCC3)N2C1=O. The predicted molar refractivity (Wildman–Crippen MR) is 153 cm³/mol. The van der Waals surface area contributed by atoms with Gasteiger partial charge in [-0.2, -0.15) is 0 Å². The maximum absolute atomic E-state index is 13.9. The van der Waals surface area contributed by atoms with Crippen LogP contribution in [0.4, 0.5) is 4.79 Å². The first-order chi connectivity index (χ1) is 20.4. The number of nitrogens with zero attached hydrogens (tertiary/aromatic N) is 2. The third-order valence-corrected chi connectivity index (χ3v) is 8.10. The lowest BCUT2D eigenvalue weighted by Crippen LogP contribution is -2.62. The lowest BCUT2D eigenvalue weighted by Gasteiger charge is -2.43. The number of hydrogen-bond acceptors (Lipinski definition) is 10. The monoisotopic (exact) mass is 587 g/mol. The molecule has 1 amide bonds. The van der Waals surface area contributed by atoms with Crippen LogP contribution in [0.5, 0.6) is 0 Å². The highest BCUT2D eigenvalue weighted by Gasteiger charge is 2.43. The zero-order valence-corrected chi connectivity index (χ0v) is 24.8. The molecule has 4 atom stereocenters. The summed E-state index contributed by atoms with van der Waals surface area (Å²) in [6.45, 7) is 4.69. The molecule has 42 heavy (non-hydrogen) atoms. The molecule has 1 aromatic carbocycles. The van der Waals surface area contributed by atoms with Gasteiger partial charge in [0.15, 0.2) is 0 Å². The molecule has 1 aliphatic carbocycles. The van der Waals surface area contributed by atoms with Gasteiger partial charge in [0.05, 0.1) is 12.6 Å². The Bertz CT molecular complexity index is 1050. The predicted octanol–water partition coefficient (Wildman–Crippen LogP) is 3.89. The minimum Gasteiger partial charge on any atom is -0.465 e. The van der Waals surface area contributed by atoms with Crippen LogP contribution in [0.3, 0.4) is 0 Å². The van der Waals surface area contributed by atoms with Crippen molar-refractivity contribution in [2.45, 2.75) is 115 Å². The summed E-state index contributed by atoms with van der Waals surface area (Å²) in [5, 5.41) is 6.65. The average Bonchev–Trinajstić information content (AvgIpc) is 3.14. The second kappa shape index (κ2) is 15.9. The third kappa shape index (κ3) is 8.91. The van der Waals surface area contributed by atoms with E-state index in [-0.39, 0.29) is 18.6 Å². The van der Waals surface area contributed by atoms with Gasteiger partial charge in [-0.05, 0) is 76.7 Å². The number of aryl methyl sites for hydroxylation is 1. The van der Waals surface area contributed by atoms with Crippen LogP contribution in [-0.4, -0.2) is 84.2 Å². The molecular weight excluding hydrogens is 542 g/mol. The lowest BCUT2D eigenvalue weighted by atomic mass is 9.98. The first-order valence-electron chi connectivity index (χ1n) is 15.5. The van der Waals surface area contributed by atoms with Crippen molar-refractivity contribution < 1.29 is 38.1 Å². The number of hydrogen-bond donors (Lipinski definition) is 1. The smallest absolute Gasteiger partial charge is 0.465 e. The zero-order valence-electron chi connectivity index (χ0n) is 24.8. The molecule has 1 aromatic rings. The van der Waals surface area contributed by atoms with Crippen LogP contribution >= 0.6 is 0 Å². The Kier molecular flexibility index (Phi) is 12.0. The highest BCUT2D eigenvalue weighted by Crippen LogP contribution is 2.26. The van der Waals surface area contributed by atoms with Gasteiger partial charge in [0.25, 0.3) is 5.91 Å². The number of rotatable bonds is 11. The molecule has 0 radical (unpaired) electrons. The molecule has 3 aliphatic rings. The van der Waals surface area contributed by atoms with Crippen molar-refractivity contribution in [1.29, 1.82) is 0 Å². The first-order valence-corrected chi connectivity index (χ1v) is 15.5. The molecule has 11 heteroatoms. The van der Waals surface area contributed by atoms with Crippen molar-refractivity contribution >= 4 is 24.0 Å². The Morgan fingerprint density at radius 3 is 2.38 bits per heavy atom. The Balaban J connectivity index is 1.38. The van der Waals surface area contributed by atoms with Crippen LogP contribution in [-0.2, 0) is 39.8 Å². The fourth-order valence-corrected chi connectivity index (χ4v) is 6.00. The van der Waals surface area contributed by atoms with Crippen LogP contribution < -0.4 is 5.32 Å². The van der Waals surface area contributed by atoms with Crippen LogP contribution in [0.25, 0.3) is 0 Å². The highest BCUT2D eigenvalue weighted by atomic mass is 16.8. The fourth-order valence-electron chi connectivity index (χ4n) is 6.00. The topological polar surface area (TPSA) is 124 Å². The van der Waals surface area contributed by atoms with E-state index >= 15 is 0 Å². The van der Waals surface area contributed by atoms with E-state index in [2.05, 4.69) is 5.32 Å². The van der Waals surface area contributed by atoms with Crippen molar-refractivity contribution in [3.63, 3.8) is 0 Å². The summed E-state index contributed by atoms with van der Waals surface area (Å²) in [6, 6.07) is 7.63. The molecule has 0 bridgehead atoms. The Morgan fingerprint density at radius 2 is 1.67 bits per heavy atom. The van der Waals surface area contributed by atoms with E-state index in [4.69, 9.17) is 18.9 Å². The quantitative estimate of drug-likeness (QED) is 0.232. The fraction of sp³-hybridized carbons (Fsp3) is 0.677. The molecule has 4 unspecified atom stereocenters. The van der Waals surface area contributed by atoms with E-state index in [0.29, 0.717) is 51.6 Å². The normalized spacial score (nSPS) is 23.2. The lowest BCUT2D eigenvalue weighted by molar-refractivity contribution is -0.192. The molecule has 2 aliphatic heterocycles. The Hall–Kier alpha value is -3.18. The van der Waals surface area contributed by atoms with E-state index < -0.39 is 42.5 Å². The van der Waals surface area contributed by atoms with Gasteiger partial charge in [0, 0.05) is 20.0 Å². The summed E-state index contributed by atoms with van der Waals surface area (Å²) in [4.78, 5) is 52.3. The number of esters is 2. The zero-order chi connectivity index (χ0) is 29.9. The van der Waals surface area contributed by atoms with E-state index in [1.165, 1.54) is 11.9 Å². The molecule has 11 nitrogen and oxygen atoms in total. The molecule has 2 saturated heterocycles. The van der Waals surface area contributed by atoms with Crippen LogP contribution in [0.2, 0.25) is 0 Å². The van der Waals surface area contributed by atoms with E-state index in [9.17, 15) is 19.2 Å². The van der Waals surface area contributed by atoms with E-state index in [1.54, 1.807) is 6.92 Å². The first kappa shape index (κ1) is 31.7. The number of hydrazine groups is 1. The summed E-state index contributed by atoms with van der Waals surface area (Å²) in [5.74, 6) is -1.32. The molecule has 4 rings (SSSR count). The van der Waals surface area contributed by atoms with E-state index in [1.807, 2.05) is 35.3 Å². The van der Waals surface area contributed by atoms with Gasteiger partial charge in [-0.15, -0.1) is 0 Å². The highest BCUT2D eigenvalue weighted by molar-refractivity contribution is 5.88. The summed E-state index contributed by atoms with van der Waals surface area (Å²) in [6.07, 6.45) is 6.02. The van der Waals surface area contributed by atoms with Gasteiger partial charge < -0.3 is 18.9 Å². The van der Waals surface area contributed by atoms with Crippen molar-refractivity contribution in [1.82, 2.24) is 15.3 Å². The molecule has 0 aromatic heterocycles. The van der Waals surface area contributed by atoms with Crippen molar-refractivity contribution in [3.8, 4) is 0 Å². The van der Waals surface area contributed by atoms with E-state index in [0.717, 1.165) is 37.7 Å². The number of ether oxygens (including phenoxy) is 4. The van der Waals surface area contributed by atoms with Gasteiger partial charge in [-0.3, -0.25) is 19.9 Å². The largest absolute Gasteiger partial charge is 0.511 e. The van der Waals surface area contributed by atoms with Crippen molar-refractivity contribution in [2.24, 2.45) is 0 Å². The molecule has 3 fully saturated rings. The van der Waals surface area contributed by atoms with Crippen molar-refractivity contribution in [3.05, 3.63) is 35.9 Å². The minimum atomic E-state index is -1.16. The number of nitrogens with one attached hydrogen (secondary N) is 1. The second-order valence-corrected chi connectivity index (χ2v) is 11.2. The van der Waals surface area contributed by atoms with Gasteiger partial charge in [0.1, 0.15) is 18.2 Å². The van der Waals surface area contributed by atoms with Gasteiger partial charge >= 0.3 is 18.1 Å². The summed E-state index contributed by atoms with van der Waals surface area (Å²) in [5.41, 5.74) is 1.09. The molecule has 1 saturated carbocycles. The summed E-state index contributed by atoms with van der Waals surface area (Å²) in [7, 11) is 0. The molecule has 0 spiro atoms. The molecule has 232 valence electrons. The Morgan fingerprint density at radius 1 is 0.952 bits per heavy atom. The Labute approximate surface area is 248 Å². The van der Waals surface area contributed by atoms with Gasteiger partial charge in [0.2, 0.25) is 6.29 Å². The number of carbonyl (C=O) groups is 4. The maximum atomic E-state index is 13.9. The third-order valence-electron chi connectivity index (χ3n) is 8.10. The van der Waals surface area contributed by atoms with Crippen LogP contribution in [0.15, 0.2) is 30.3 Å². The molecular formula is C31H45N3O8. The summed E-state index contributed by atoms with van der Waals surface area (Å²) < 4.78 is 21.4. The standard InChI is InChI=1S/C31H45N3O8/c1-3-39-29(36)26(19-18-23-12-6-4-7-13-23)32-25-16-10-20-33-21-11-17-27(34(33)28(25)35)30(37)40-22(2)41-31(38)42-24-14-8-5-9-15-24/h4,6-7,12-13,22,24-27,32H,3,5,8-11,14-21H2,1-2H3. The average molecular weight is 588 g/mol. The van der Waals surface area contributed by atoms with Crippen LogP contribution in [0.1, 0.15) is 83.6 Å². The second-order valence-electron chi connectivity index (χ2n) is 11.2. The number of benzene rings is 1. The number of amides is 1. The van der Waals surface area contributed by atoms with Gasteiger partial charge in [-0.25, -0.2) is 14.6 Å². The maximum Gasteiger partial charge on any atom is 0.511 e. The molecule has 1 N–H and O–H groups in total. The molecule has 2 heterocycles. The summed E-state index contributed by atoms with van der Waals surface area (Å²) >= 11 is 0. The van der Waals surface area contributed by atoms with Crippen LogP contribution in [0, 0.1) is 0 Å².